The van der Waals surface area contributed by atoms with E-state index in [0.717, 1.165) is 22.5 Å². The Kier molecular flexibility index (Phi) is 5.27. The van der Waals surface area contributed by atoms with E-state index in [4.69, 9.17) is 4.74 Å². The van der Waals surface area contributed by atoms with Crippen molar-refractivity contribution in [2.75, 3.05) is 0 Å². The Morgan fingerprint density at radius 2 is 1.83 bits per heavy atom. The molecule has 0 atom stereocenters. The van der Waals surface area contributed by atoms with Gasteiger partial charge in [-0.2, -0.15) is 0 Å². The molecule has 0 aliphatic carbocycles. The first-order chi connectivity index (χ1) is 14.4. The number of hydrogen-bond acceptors (Lipinski definition) is 3. The Morgan fingerprint density at radius 1 is 1.07 bits per heavy atom. The van der Waals surface area contributed by atoms with Crippen LogP contribution in [-0.2, 0) is 12.1 Å². The molecule has 4 aromatic rings. The highest BCUT2D eigenvalue weighted by molar-refractivity contribution is 5.73. The fourth-order valence-corrected chi connectivity index (χ4v) is 3.46. The summed E-state index contributed by atoms with van der Waals surface area (Å²) >= 11 is 0. The molecule has 4 nitrogen and oxygen atoms in total. The highest BCUT2D eigenvalue weighted by atomic mass is 19.1. The fourth-order valence-electron chi connectivity index (χ4n) is 3.46. The molecule has 0 aliphatic rings. The third-order valence-electron chi connectivity index (χ3n) is 5.07. The lowest BCUT2D eigenvalue weighted by Crippen LogP contribution is -2.26. The van der Waals surface area contributed by atoms with Crippen LogP contribution in [0.2, 0.25) is 0 Å². The van der Waals surface area contributed by atoms with Gasteiger partial charge in [0.05, 0.1) is 0 Å². The predicted molar refractivity (Wildman–Crippen MR) is 118 cm³/mol. The largest absolute Gasteiger partial charge is 0.483 e. The number of fused-ring (bicyclic) bond motifs is 1. The van der Waals surface area contributed by atoms with Gasteiger partial charge in [-0.25, -0.2) is 9.37 Å². The number of benzene rings is 2. The van der Waals surface area contributed by atoms with Gasteiger partial charge in [-0.05, 0) is 49.7 Å². The summed E-state index contributed by atoms with van der Waals surface area (Å²) in [7, 11) is 0. The predicted octanol–water partition coefficient (Wildman–Crippen LogP) is 5.55. The summed E-state index contributed by atoms with van der Waals surface area (Å²) in [4.78, 5) is 4.39. The number of imidazole rings is 1. The monoisotopic (exact) mass is 401 g/mol. The zero-order valence-electron chi connectivity index (χ0n) is 17.1. The molecule has 5 heteroatoms. The van der Waals surface area contributed by atoms with Crippen molar-refractivity contribution in [3.8, 4) is 5.75 Å². The standard InChI is InChI=1S/C25H24FN3O/c1-18(21-7-6-15-29-16-14-27-24(21)29)28-17-19-10-12-20(13-11-19)30-25(2,3)22-8-4-5-9-23(22)26/h4-16,28H,1,17H2,2-3H3. The van der Waals surface area contributed by atoms with Gasteiger partial charge < -0.3 is 14.5 Å². The third kappa shape index (κ3) is 4.06. The summed E-state index contributed by atoms with van der Waals surface area (Å²) in [6.07, 6.45) is 5.64. The summed E-state index contributed by atoms with van der Waals surface area (Å²) in [5.41, 5.74) is 3.49. The maximum absolute atomic E-state index is 14.1. The molecule has 0 saturated carbocycles. The van der Waals surface area contributed by atoms with Crippen molar-refractivity contribution in [3.05, 3.63) is 108 Å². The van der Waals surface area contributed by atoms with E-state index in [0.29, 0.717) is 17.9 Å². The topological polar surface area (TPSA) is 38.6 Å². The van der Waals surface area contributed by atoms with Gasteiger partial charge in [0.25, 0.3) is 0 Å². The first-order valence-electron chi connectivity index (χ1n) is 9.82. The van der Waals surface area contributed by atoms with E-state index in [2.05, 4.69) is 16.9 Å². The zero-order chi connectivity index (χ0) is 21.1. The van der Waals surface area contributed by atoms with Crippen molar-refractivity contribution in [2.45, 2.75) is 26.0 Å². The van der Waals surface area contributed by atoms with Crippen LogP contribution in [0.1, 0.15) is 30.5 Å². The quantitative estimate of drug-likeness (QED) is 0.441. The summed E-state index contributed by atoms with van der Waals surface area (Å²) in [5.74, 6) is 0.419. The Morgan fingerprint density at radius 3 is 2.60 bits per heavy atom. The van der Waals surface area contributed by atoms with Crippen LogP contribution in [0.3, 0.4) is 0 Å². The normalized spacial score (nSPS) is 11.4. The number of ether oxygens (including phenoxy) is 1. The lowest BCUT2D eigenvalue weighted by Gasteiger charge is -2.27. The average molecular weight is 401 g/mol. The van der Waals surface area contributed by atoms with Crippen LogP contribution in [0.25, 0.3) is 11.3 Å². The Bertz CT molecular complexity index is 1180. The second-order valence-corrected chi connectivity index (χ2v) is 7.65. The van der Waals surface area contributed by atoms with Gasteiger partial charge >= 0.3 is 0 Å². The van der Waals surface area contributed by atoms with E-state index in [-0.39, 0.29) is 5.82 Å². The van der Waals surface area contributed by atoms with Crippen molar-refractivity contribution in [3.63, 3.8) is 0 Å². The van der Waals surface area contributed by atoms with Crippen LogP contribution in [0.5, 0.6) is 5.75 Å². The van der Waals surface area contributed by atoms with E-state index in [1.54, 1.807) is 18.3 Å². The minimum atomic E-state index is -0.776. The van der Waals surface area contributed by atoms with E-state index in [1.807, 2.05) is 73.1 Å². The molecule has 30 heavy (non-hydrogen) atoms. The molecular weight excluding hydrogens is 377 g/mol. The van der Waals surface area contributed by atoms with Crippen molar-refractivity contribution < 1.29 is 9.13 Å². The number of nitrogens with one attached hydrogen (secondary N) is 1. The molecule has 2 aromatic carbocycles. The fraction of sp³-hybridized carbons (Fsp3) is 0.160. The smallest absolute Gasteiger partial charge is 0.146 e. The number of hydrogen-bond donors (Lipinski definition) is 1. The molecule has 1 N–H and O–H groups in total. The van der Waals surface area contributed by atoms with Crippen LogP contribution in [-0.4, -0.2) is 9.38 Å². The molecule has 0 saturated heterocycles. The molecule has 2 heterocycles. The summed E-state index contributed by atoms with van der Waals surface area (Å²) < 4.78 is 22.2. The molecule has 0 amide bonds. The van der Waals surface area contributed by atoms with Crippen molar-refractivity contribution >= 4 is 11.3 Å². The second kappa shape index (κ2) is 8.03. The Balaban J connectivity index is 1.41. The van der Waals surface area contributed by atoms with Crippen LogP contribution in [0.4, 0.5) is 4.39 Å². The second-order valence-electron chi connectivity index (χ2n) is 7.65. The highest BCUT2D eigenvalue weighted by Crippen LogP contribution is 2.29. The maximum Gasteiger partial charge on any atom is 0.146 e. The minimum absolute atomic E-state index is 0.269. The zero-order valence-corrected chi connectivity index (χ0v) is 17.1. The van der Waals surface area contributed by atoms with E-state index < -0.39 is 5.60 Å². The number of halogens is 1. The van der Waals surface area contributed by atoms with E-state index in [1.165, 1.54) is 6.07 Å². The molecular formula is C25H24FN3O. The van der Waals surface area contributed by atoms with Crippen molar-refractivity contribution in [2.24, 2.45) is 0 Å². The molecule has 4 rings (SSSR count). The lowest BCUT2D eigenvalue weighted by molar-refractivity contribution is 0.104. The Labute approximate surface area is 175 Å². The molecule has 152 valence electrons. The van der Waals surface area contributed by atoms with Crippen LogP contribution >= 0.6 is 0 Å². The first kappa shape index (κ1) is 19.7. The van der Waals surface area contributed by atoms with Gasteiger partial charge in [0.1, 0.15) is 22.8 Å². The van der Waals surface area contributed by atoms with Gasteiger partial charge in [-0.3, -0.25) is 0 Å². The van der Waals surface area contributed by atoms with E-state index in [9.17, 15) is 4.39 Å². The highest BCUT2D eigenvalue weighted by Gasteiger charge is 2.25. The lowest BCUT2D eigenvalue weighted by atomic mass is 9.97. The van der Waals surface area contributed by atoms with Gasteiger partial charge in [0.2, 0.25) is 0 Å². The molecule has 0 radical (unpaired) electrons. The van der Waals surface area contributed by atoms with Crippen molar-refractivity contribution in [1.29, 1.82) is 0 Å². The number of pyridine rings is 1. The maximum atomic E-state index is 14.1. The van der Waals surface area contributed by atoms with Gasteiger partial charge in [-0.15, -0.1) is 0 Å². The first-order valence-corrected chi connectivity index (χ1v) is 9.82. The number of rotatable bonds is 7. The SMILES string of the molecule is C=C(NCc1ccc(OC(C)(C)c2ccccc2F)cc1)c1cccn2ccnc12. The van der Waals surface area contributed by atoms with Crippen LogP contribution in [0, 0.1) is 5.82 Å². The van der Waals surface area contributed by atoms with Crippen molar-refractivity contribution in [1.82, 2.24) is 14.7 Å². The molecule has 0 spiro atoms. The molecule has 0 aliphatic heterocycles. The number of aromatic nitrogens is 2. The Hall–Kier alpha value is -3.60. The summed E-state index contributed by atoms with van der Waals surface area (Å²) in [6, 6.07) is 18.4. The molecule has 0 fully saturated rings. The van der Waals surface area contributed by atoms with Crippen LogP contribution in [0.15, 0.2) is 85.8 Å². The molecule has 0 bridgehead atoms. The minimum Gasteiger partial charge on any atom is -0.483 e. The average Bonchev–Trinajstić information content (AvgIpc) is 3.22. The number of nitrogens with zero attached hydrogens (tertiary/aromatic N) is 2. The summed E-state index contributed by atoms with van der Waals surface area (Å²) in [5, 5.41) is 3.36. The van der Waals surface area contributed by atoms with Gasteiger partial charge in [0, 0.05) is 42.0 Å². The van der Waals surface area contributed by atoms with E-state index >= 15 is 0 Å². The molecule has 0 unspecified atom stereocenters. The van der Waals surface area contributed by atoms with Gasteiger partial charge in [0.15, 0.2) is 0 Å². The van der Waals surface area contributed by atoms with Crippen LogP contribution < -0.4 is 10.1 Å². The van der Waals surface area contributed by atoms with Gasteiger partial charge in [-0.1, -0.05) is 36.9 Å². The summed E-state index contributed by atoms with van der Waals surface area (Å²) in [6.45, 7) is 8.50. The third-order valence-corrected chi connectivity index (χ3v) is 5.07. The molecule has 2 aromatic heterocycles.